The number of anilines is 1. The third-order valence-corrected chi connectivity index (χ3v) is 4.84. The Balaban J connectivity index is 1.64. The molecule has 1 N–H and O–H groups in total. The van der Waals surface area contributed by atoms with Gasteiger partial charge in [0.15, 0.2) is 11.5 Å². The normalized spacial score (nSPS) is 17.5. The topological polar surface area (TPSA) is 71.1 Å². The third-order valence-electron chi connectivity index (χ3n) is 4.84. The zero-order chi connectivity index (χ0) is 18.0. The maximum absolute atomic E-state index is 12.8. The Hall–Kier alpha value is -2.28. The van der Waals surface area contributed by atoms with E-state index in [4.69, 9.17) is 9.47 Å². The highest BCUT2D eigenvalue weighted by Gasteiger charge is 2.40. The van der Waals surface area contributed by atoms with E-state index in [1.807, 2.05) is 0 Å². The van der Waals surface area contributed by atoms with Gasteiger partial charge in [-0.2, -0.15) is 0 Å². The lowest BCUT2D eigenvalue weighted by Crippen LogP contribution is -2.54. The standard InChI is InChI=1S/C18H25N3O4/c1-4-20-7-9-21(10-8-20)17(23)18(2,3)16(22)19-13-5-6-14-15(11-13)25-12-24-14/h5-6,11H,4,7-10,12H2,1-3H3,(H,19,22). The molecule has 2 aliphatic heterocycles. The van der Waals surface area contributed by atoms with Gasteiger partial charge in [0.1, 0.15) is 5.41 Å². The van der Waals surface area contributed by atoms with Gasteiger partial charge in [0.25, 0.3) is 0 Å². The number of piperazine rings is 1. The summed E-state index contributed by atoms with van der Waals surface area (Å²) < 4.78 is 10.6. The number of carbonyl (C=O) groups is 2. The Bertz CT molecular complexity index is 666. The fourth-order valence-electron chi connectivity index (χ4n) is 3.02. The number of fused-ring (bicyclic) bond motifs is 1. The molecule has 1 saturated heterocycles. The molecule has 2 aliphatic rings. The summed E-state index contributed by atoms with van der Waals surface area (Å²) in [5.74, 6) is 0.788. The van der Waals surface area contributed by atoms with E-state index in [0.717, 1.165) is 19.6 Å². The molecule has 0 aliphatic carbocycles. The molecule has 2 amide bonds. The van der Waals surface area contributed by atoms with Crippen molar-refractivity contribution < 1.29 is 19.1 Å². The number of benzene rings is 1. The van der Waals surface area contributed by atoms with Gasteiger partial charge in [-0.25, -0.2) is 0 Å². The molecule has 1 fully saturated rings. The van der Waals surface area contributed by atoms with Gasteiger partial charge >= 0.3 is 0 Å². The second kappa shape index (κ2) is 6.92. The first-order chi connectivity index (χ1) is 11.9. The lowest BCUT2D eigenvalue weighted by atomic mass is 9.89. The number of nitrogens with zero attached hydrogens (tertiary/aromatic N) is 2. The SMILES string of the molecule is CCN1CCN(C(=O)C(C)(C)C(=O)Nc2ccc3c(c2)OCO3)CC1. The molecule has 0 radical (unpaired) electrons. The monoisotopic (exact) mass is 347 g/mol. The Morgan fingerprint density at radius 3 is 2.48 bits per heavy atom. The molecule has 0 aromatic heterocycles. The molecule has 0 saturated carbocycles. The van der Waals surface area contributed by atoms with Gasteiger partial charge in [-0.1, -0.05) is 6.92 Å². The molecule has 0 bridgehead atoms. The summed E-state index contributed by atoms with van der Waals surface area (Å²) in [5.41, 5.74) is -0.545. The van der Waals surface area contributed by atoms with Crippen molar-refractivity contribution in [3.05, 3.63) is 18.2 Å². The molecular weight excluding hydrogens is 322 g/mol. The molecule has 0 unspecified atom stereocenters. The van der Waals surface area contributed by atoms with E-state index >= 15 is 0 Å². The summed E-state index contributed by atoms with van der Waals surface area (Å²) in [6.45, 7) is 9.63. The summed E-state index contributed by atoms with van der Waals surface area (Å²) in [6.07, 6.45) is 0. The minimum atomic E-state index is -1.13. The number of hydrogen-bond donors (Lipinski definition) is 1. The van der Waals surface area contributed by atoms with E-state index < -0.39 is 5.41 Å². The smallest absolute Gasteiger partial charge is 0.239 e. The van der Waals surface area contributed by atoms with E-state index in [-0.39, 0.29) is 18.6 Å². The molecule has 136 valence electrons. The highest BCUT2D eigenvalue weighted by Crippen LogP contribution is 2.34. The maximum Gasteiger partial charge on any atom is 0.239 e. The van der Waals surface area contributed by atoms with Gasteiger partial charge in [-0.15, -0.1) is 0 Å². The highest BCUT2D eigenvalue weighted by atomic mass is 16.7. The molecular formula is C18H25N3O4. The van der Waals surface area contributed by atoms with E-state index in [0.29, 0.717) is 30.3 Å². The lowest BCUT2D eigenvalue weighted by molar-refractivity contribution is -0.147. The van der Waals surface area contributed by atoms with Gasteiger partial charge in [0.2, 0.25) is 18.6 Å². The van der Waals surface area contributed by atoms with Gasteiger partial charge in [0, 0.05) is 37.9 Å². The number of rotatable bonds is 4. The average molecular weight is 347 g/mol. The number of amides is 2. The minimum absolute atomic E-state index is 0.138. The zero-order valence-electron chi connectivity index (χ0n) is 15.0. The number of hydrogen-bond acceptors (Lipinski definition) is 5. The minimum Gasteiger partial charge on any atom is -0.454 e. The first-order valence-corrected chi connectivity index (χ1v) is 8.64. The van der Waals surface area contributed by atoms with E-state index in [2.05, 4.69) is 17.1 Å². The Morgan fingerprint density at radius 1 is 1.12 bits per heavy atom. The van der Waals surface area contributed by atoms with Crippen molar-refractivity contribution in [3.8, 4) is 11.5 Å². The van der Waals surface area contributed by atoms with Gasteiger partial charge < -0.3 is 24.6 Å². The van der Waals surface area contributed by atoms with Gasteiger partial charge in [-0.3, -0.25) is 9.59 Å². The van der Waals surface area contributed by atoms with Crippen LogP contribution < -0.4 is 14.8 Å². The molecule has 0 spiro atoms. The van der Waals surface area contributed by atoms with Crippen LogP contribution in [0.1, 0.15) is 20.8 Å². The van der Waals surface area contributed by atoms with Crippen LogP contribution in [-0.4, -0.2) is 61.1 Å². The van der Waals surface area contributed by atoms with E-state index in [9.17, 15) is 9.59 Å². The van der Waals surface area contributed by atoms with Crippen LogP contribution >= 0.6 is 0 Å². The zero-order valence-corrected chi connectivity index (χ0v) is 15.0. The first kappa shape index (κ1) is 17.5. The van der Waals surface area contributed by atoms with Crippen molar-refractivity contribution in [2.45, 2.75) is 20.8 Å². The Labute approximate surface area is 147 Å². The Morgan fingerprint density at radius 2 is 1.80 bits per heavy atom. The highest BCUT2D eigenvalue weighted by molar-refractivity contribution is 6.10. The van der Waals surface area contributed by atoms with Crippen LogP contribution in [-0.2, 0) is 9.59 Å². The number of carbonyl (C=O) groups excluding carboxylic acids is 2. The van der Waals surface area contributed by atoms with Crippen molar-refractivity contribution in [2.24, 2.45) is 5.41 Å². The number of nitrogens with one attached hydrogen (secondary N) is 1. The second-order valence-electron chi connectivity index (χ2n) is 6.87. The summed E-state index contributed by atoms with van der Waals surface area (Å²) in [6, 6.07) is 5.20. The fraction of sp³-hybridized carbons (Fsp3) is 0.556. The number of ether oxygens (including phenoxy) is 2. The van der Waals surface area contributed by atoms with Crippen LogP contribution in [0.25, 0.3) is 0 Å². The molecule has 7 nitrogen and oxygen atoms in total. The maximum atomic E-state index is 12.8. The predicted octanol–water partition coefficient (Wildman–Crippen LogP) is 1.54. The average Bonchev–Trinajstić information content (AvgIpc) is 3.08. The largest absolute Gasteiger partial charge is 0.454 e. The van der Waals surface area contributed by atoms with Crippen molar-refractivity contribution in [1.29, 1.82) is 0 Å². The van der Waals surface area contributed by atoms with Crippen molar-refractivity contribution in [2.75, 3.05) is 44.8 Å². The molecule has 1 aromatic rings. The van der Waals surface area contributed by atoms with Crippen LogP contribution in [0.3, 0.4) is 0 Å². The van der Waals surface area contributed by atoms with Gasteiger partial charge in [-0.05, 0) is 32.5 Å². The van der Waals surface area contributed by atoms with Crippen LogP contribution in [0.15, 0.2) is 18.2 Å². The van der Waals surface area contributed by atoms with E-state index in [1.54, 1.807) is 36.9 Å². The van der Waals surface area contributed by atoms with Crippen LogP contribution in [0.4, 0.5) is 5.69 Å². The third kappa shape index (κ3) is 3.56. The van der Waals surface area contributed by atoms with Crippen molar-refractivity contribution >= 4 is 17.5 Å². The molecule has 1 aromatic carbocycles. The molecule has 2 heterocycles. The summed E-state index contributed by atoms with van der Waals surface area (Å²) in [4.78, 5) is 29.6. The van der Waals surface area contributed by atoms with Crippen LogP contribution in [0.2, 0.25) is 0 Å². The van der Waals surface area contributed by atoms with Crippen LogP contribution in [0.5, 0.6) is 11.5 Å². The molecule has 3 rings (SSSR count). The molecule has 7 heteroatoms. The fourth-order valence-corrected chi connectivity index (χ4v) is 3.02. The summed E-state index contributed by atoms with van der Waals surface area (Å²) >= 11 is 0. The molecule has 25 heavy (non-hydrogen) atoms. The van der Waals surface area contributed by atoms with Crippen molar-refractivity contribution in [3.63, 3.8) is 0 Å². The van der Waals surface area contributed by atoms with Gasteiger partial charge in [0.05, 0.1) is 0 Å². The lowest BCUT2D eigenvalue weighted by Gasteiger charge is -2.37. The second-order valence-corrected chi connectivity index (χ2v) is 6.87. The van der Waals surface area contributed by atoms with Crippen molar-refractivity contribution in [1.82, 2.24) is 9.80 Å². The quantitative estimate of drug-likeness (QED) is 0.837. The summed E-state index contributed by atoms with van der Waals surface area (Å²) in [5, 5.41) is 2.82. The van der Waals surface area contributed by atoms with Crippen LogP contribution in [0, 0.1) is 5.41 Å². The molecule has 0 atom stereocenters. The first-order valence-electron chi connectivity index (χ1n) is 8.64. The van der Waals surface area contributed by atoms with E-state index in [1.165, 1.54) is 0 Å². The summed E-state index contributed by atoms with van der Waals surface area (Å²) in [7, 11) is 0. The predicted molar refractivity (Wildman–Crippen MR) is 93.7 cm³/mol. The Kier molecular flexibility index (Phi) is 4.85. The number of likely N-dealkylation sites (N-methyl/N-ethyl adjacent to an activating group) is 1.